The quantitative estimate of drug-likeness (QED) is 0.823. The predicted molar refractivity (Wildman–Crippen MR) is 73.9 cm³/mol. The summed E-state index contributed by atoms with van der Waals surface area (Å²) < 4.78 is 1.90. The monoisotopic (exact) mass is 242 g/mol. The second kappa shape index (κ2) is 4.94. The van der Waals surface area contributed by atoms with Gasteiger partial charge in [-0.05, 0) is 43.5 Å². The standard InChI is InChI=1S/C15H18N2O/c18-15-8-7-13-5-1-2-6-14(13)17(15)12-11-16-9-3-4-10-16/h1-2,5-8H,3-4,9-12H2. The molecule has 0 saturated carbocycles. The van der Waals surface area contributed by atoms with E-state index in [1.165, 1.54) is 25.9 Å². The lowest BCUT2D eigenvalue weighted by Gasteiger charge is -2.16. The van der Waals surface area contributed by atoms with Crippen molar-refractivity contribution in [2.75, 3.05) is 19.6 Å². The van der Waals surface area contributed by atoms with Gasteiger partial charge in [0.1, 0.15) is 0 Å². The average Bonchev–Trinajstić information content (AvgIpc) is 2.91. The molecule has 1 fully saturated rings. The molecular weight excluding hydrogens is 224 g/mol. The lowest BCUT2D eigenvalue weighted by atomic mass is 10.2. The number of benzene rings is 1. The van der Waals surface area contributed by atoms with Gasteiger partial charge in [-0.3, -0.25) is 4.79 Å². The third-order valence-corrected chi connectivity index (χ3v) is 3.74. The van der Waals surface area contributed by atoms with E-state index >= 15 is 0 Å². The Hall–Kier alpha value is -1.61. The van der Waals surface area contributed by atoms with E-state index in [9.17, 15) is 4.79 Å². The molecule has 3 nitrogen and oxygen atoms in total. The van der Waals surface area contributed by atoms with Gasteiger partial charge in [0.2, 0.25) is 0 Å². The molecule has 18 heavy (non-hydrogen) atoms. The molecule has 0 bridgehead atoms. The molecular formula is C15H18N2O. The third kappa shape index (κ3) is 2.18. The van der Waals surface area contributed by atoms with Crippen LogP contribution in [-0.4, -0.2) is 29.1 Å². The SMILES string of the molecule is O=c1ccc2ccccc2n1CCN1CCCC1. The Morgan fingerprint density at radius 2 is 1.72 bits per heavy atom. The maximum absolute atomic E-state index is 12.0. The highest BCUT2D eigenvalue weighted by molar-refractivity contribution is 5.78. The fourth-order valence-corrected chi connectivity index (χ4v) is 2.72. The summed E-state index contributed by atoms with van der Waals surface area (Å²) in [6.07, 6.45) is 2.59. The van der Waals surface area contributed by atoms with Crippen molar-refractivity contribution < 1.29 is 0 Å². The first-order chi connectivity index (χ1) is 8.84. The lowest BCUT2D eigenvalue weighted by Crippen LogP contribution is -2.29. The van der Waals surface area contributed by atoms with Crippen LogP contribution in [0.4, 0.5) is 0 Å². The van der Waals surface area contributed by atoms with Crippen molar-refractivity contribution in [1.29, 1.82) is 0 Å². The van der Waals surface area contributed by atoms with Gasteiger partial charge in [0.25, 0.3) is 5.56 Å². The minimum Gasteiger partial charge on any atom is -0.307 e. The second-order valence-corrected chi connectivity index (χ2v) is 4.93. The van der Waals surface area contributed by atoms with Gasteiger partial charge in [-0.25, -0.2) is 0 Å². The molecule has 0 spiro atoms. The average molecular weight is 242 g/mol. The van der Waals surface area contributed by atoms with E-state index in [0.717, 1.165) is 24.0 Å². The number of pyridine rings is 1. The van der Waals surface area contributed by atoms with Crippen LogP contribution in [-0.2, 0) is 6.54 Å². The van der Waals surface area contributed by atoms with Crippen molar-refractivity contribution in [3.63, 3.8) is 0 Å². The highest BCUT2D eigenvalue weighted by Crippen LogP contribution is 2.12. The van der Waals surface area contributed by atoms with E-state index in [2.05, 4.69) is 11.0 Å². The minimum absolute atomic E-state index is 0.105. The summed E-state index contributed by atoms with van der Waals surface area (Å²) in [5.74, 6) is 0. The molecule has 1 saturated heterocycles. The van der Waals surface area contributed by atoms with Gasteiger partial charge in [0, 0.05) is 19.2 Å². The predicted octanol–water partition coefficient (Wildman–Crippen LogP) is 2.10. The number of hydrogen-bond donors (Lipinski definition) is 0. The summed E-state index contributed by atoms with van der Waals surface area (Å²) in [5.41, 5.74) is 1.15. The molecule has 3 heteroatoms. The molecule has 2 aromatic rings. The first kappa shape index (κ1) is 11.5. The Bertz CT molecular complexity index is 597. The molecule has 1 aromatic carbocycles. The van der Waals surface area contributed by atoms with Crippen molar-refractivity contribution in [3.8, 4) is 0 Å². The van der Waals surface area contributed by atoms with Crippen molar-refractivity contribution in [2.45, 2.75) is 19.4 Å². The summed E-state index contributed by atoms with van der Waals surface area (Å²) in [5, 5.41) is 1.14. The van der Waals surface area contributed by atoms with Gasteiger partial charge in [-0.1, -0.05) is 18.2 Å². The number of nitrogens with zero attached hydrogens (tertiary/aromatic N) is 2. The highest BCUT2D eigenvalue weighted by atomic mass is 16.1. The maximum atomic E-state index is 12.0. The number of hydrogen-bond acceptors (Lipinski definition) is 2. The van der Waals surface area contributed by atoms with E-state index in [4.69, 9.17) is 0 Å². The Labute approximate surface area is 107 Å². The summed E-state index contributed by atoms with van der Waals surface area (Å²) in [7, 11) is 0. The van der Waals surface area contributed by atoms with E-state index in [0.29, 0.717) is 0 Å². The Morgan fingerprint density at radius 3 is 2.56 bits per heavy atom. The molecule has 0 atom stereocenters. The number of para-hydroxylation sites is 1. The summed E-state index contributed by atoms with van der Waals surface area (Å²) in [6.45, 7) is 4.13. The molecule has 0 unspecified atom stereocenters. The fraction of sp³-hybridized carbons (Fsp3) is 0.400. The molecule has 2 heterocycles. The van der Waals surface area contributed by atoms with Crippen LogP contribution < -0.4 is 5.56 Å². The molecule has 0 radical (unpaired) electrons. The zero-order chi connectivity index (χ0) is 12.4. The van der Waals surface area contributed by atoms with Crippen molar-refractivity contribution in [2.24, 2.45) is 0 Å². The van der Waals surface area contributed by atoms with Crippen molar-refractivity contribution >= 4 is 10.9 Å². The number of rotatable bonds is 3. The second-order valence-electron chi connectivity index (χ2n) is 4.93. The zero-order valence-corrected chi connectivity index (χ0v) is 10.5. The highest BCUT2D eigenvalue weighted by Gasteiger charge is 2.11. The normalized spacial score (nSPS) is 16.4. The van der Waals surface area contributed by atoms with E-state index in [-0.39, 0.29) is 5.56 Å². The largest absolute Gasteiger partial charge is 0.307 e. The van der Waals surface area contributed by atoms with Gasteiger partial charge in [0.05, 0.1) is 5.52 Å². The van der Waals surface area contributed by atoms with E-state index in [1.807, 2.05) is 28.8 Å². The molecule has 3 rings (SSSR count). The van der Waals surface area contributed by atoms with E-state index in [1.54, 1.807) is 6.07 Å². The van der Waals surface area contributed by atoms with Crippen LogP contribution in [0.15, 0.2) is 41.2 Å². The Balaban J connectivity index is 1.89. The van der Waals surface area contributed by atoms with Gasteiger partial charge in [0.15, 0.2) is 0 Å². The number of likely N-dealkylation sites (tertiary alicyclic amines) is 1. The van der Waals surface area contributed by atoms with Crippen LogP contribution in [0.2, 0.25) is 0 Å². The molecule has 1 aromatic heterocycles. The van der Waals surface area contributed by atoms with Crippen LogP contribution in [0.1, 0.15) is 12.8 Å². The van der Waals surface area contributed by atoms with Gasteiger partial charge < -0.3 is 9.47 Å². The smallest absolute Gasteiger partial charge is 0.251 e. The number of fused-ring (bicyclic) bond motifs is 1. The van der Waals surface area contributed by atoms with Crippen LogP contribution in [0.25, 0.3) is 10.9 Å². The van der Waals surface area contributed by atoms with Crippen LogP contribution in [0, 0.1) is 0 Å². The maximum Gasteiger partial charge on any atom is 0.251 e. The van der Waals surface area contributed by atoms with Gasteiger partial charge in [-0.2, -0.15) is 0 Å². The third-order valence-electron chi connectivity index (χ3n) is 3.74. The topological polar surface area (TPSA) is 25.2 Å². The van der Waals surface area contributed by atoms with Crippen LogP contribution in [0.3, 0.4) is 0 Å². The van der Waals surface area contributed by atoms with Crippen molar-refractivity contribution in [3.05, 3.63) is 46.8 Å². The van der Waals surface area contributed by atoms with E-state index < -0.39 is 0 Å². The van der Waals surface area contributed by atoms with Gasteiger partial charge >= 0.3 is 0 Å². The molecule has 1 aliphatic rings. The minimum atomic E-state index is 0.105. The molecule has 94 valence electrons. The fourth-order valence-electron chi connectivity index (χ4n) is 2.72. The molecule has 1 aliphatic heterocycles. The van der Waals surface area contributed by atoms with Crippen LogP contribution in [0.5, 0.6) is 0 Å². The first-order valence-corrected chi connectivity index (χ1v) is 6.65. The Kier molecular flexibility index (Phi) is 3.15. The lowest BCUT2D eigenvalue weighted by molar-refractivity contribution is 0.323. The van der Waals surface area contributed by atoms with Gasteiger partial charge in [-0.15, -0.1) is 0 Å². The Morgan fingerprint density at radius 1 is 0.944 bits per heavy atom. The summed E-state index contributed by atoms with van der Waals surface area (Å²) in [4.78, 5) is 14.4. The molecule has 0 amide bonds. The van der Waals surface area contributed by atoms with Crippen LogP contribution >= 0.6 is 0 Å². The number of aromatic nitrogens is 1. The summed E-state index contributed by atoms with van der Waals surface area (Å²) in [6, 6.07) is 11.7. The molecule has 0 aliphatic carbocycles. The zero-order valence-electron chi connectivity index (χ0n) is 10.5. The van der Waals surface area contributed by atoms with Crippen molar-refractivity contribution in [1.82, 2.24) is 9.47 Å². The molecule has 0 N–H and O–H groups in total. The summed E-state index contributed by atoms with van der Waals surface area (Å²) >= 11 is 0. The first-order valence-electron chi connectivity index (χ1n) is 6.65.